The Kier molecular flexibility index (Phi) is 2.84. The van der Waals surface area contributed by atoms with E-state index in [1.54, 1.807) is 6.07 Å². The standard InChI is InChI=1S/C7H6FN3.C2H6/c8-4-1-2-6-5(3-4)7(9)11-10-6;1-2/h1-3H,(H3,9,10,11);1-2H3. The Morgan fingerprint density at radius 1 is 1.38 bits per heavy atom. The minimum Gasteiger partial charge on any atom is -0.382 e. The maximum atomic E-state index is 12.6. The monoisotopic (exact) mass is 181 g/mol. The van der Waals surface area contributed by atoms with E-state index in [-0.39, 0.29) is 5.82 Å². The summed E-state index contributed by atoms with van der Waals surface area (Å²) in [6.45, 7) is 4.00. The van der Waals surface area contributed by atoms with Crippen molar-refractivity contribution in [1.82, 2.24) is 10.2 Å². The van der Waals surface area contributed by atoms with Crippen molar-refractivity contribution in [3.05, 3.63) is 24.0 Å². The number of nitrogens with zero attached hydrogens (tertiary/aromatic N) is 1. The molecule has 0 aliphatic rings. The predicted octanol–water partition coefficient (Wildman–Crippen LogP) is 2.31. The fourth-order valence-electron chi connectivity index (χ4n) is 1.01. The highest BCUT2D eigenvalue weighted by molar-refractivity contribution is 5.88. The lowest BCUT2D eigenvalue weighted by Gasteiger charge is -1.88. The Morgan fingerprint density at radius 3 is 2.77 bits per heavy atom. The molecule has 0 spiro atoms. The Morgan fingerprint density at radius 2 is 2.08 bits per heavy atom. The molecule has 2 aromatic rings. The highest BCUT2D eigenvalue weighted by Crippen LogP contribution is 2.17. The molecule has 1 aromatic heterocycles. The van der Waals surface area contributed by atoms with Crippen LogP contribution in [-0.4, -0.2) is 10.2 Å². The van der Waals surface area contributed by atoms with Gasteiger partial charge in [-0.1, -0.05) is 13.8 Å². The van der Waals surface area contributed by atoms with Crippen molar-refractivity contribution in [3.8, 4) is 0 Å². The van der Waals surface area contributed by atoms with Crippen molar-refractivity contribution in [1.29, 1.82) is 0 Å². The third kappa shape index (κ3) is 1.77. The first kappa shape index (κ1) is 9.51. The van der Waals surface area contributed by atoms with Crippen LogP contribution in [0.25, 0.3) is 10.9 Å². The topological polar surface area (TPSA) is 54.7 Å². The molecule has 0 bridgehead atoms. The molecule has 1 aromatic carbocycles. The van der Waals surface area contributed by atoms with Crippen LogP contribution in [0.3, 0.4) is 0 Å². The second-order valence-corrected chi connectivity index (χ2v) is 2.30. The zero-order valence-corrected chi connectivity index (χ0v) is 7.63. The number of aromatic nitrogens is 2. The Hall–Kier alpha value is -1.58. The number of fused-ring (bicyclic) bond motifs is 1. The highest BCUT2D eigenvalue weighted by Gasteiger charge is 2.01. The van der Waals surface area contributed by atoms with Crippen molar-refractivity contribution in [2.45, 2.75) is 13.8 Å². The molecular formula is C9H12FN3. The van der Waals surface area contributed by atoms with Crippen LogP contribution in [0.4, 0.5) is 10.2 Å². The molecule has 0 radical (unpaired) electrons. The van der Waals surface area contributed by atoms with Gasteiger partial charge in [0.25, 0.3) is 0 Å². The molecule has 13 heavy (non-hydrogen) atoms. The maximum Gasteiger partial charge on any atom is 0.153 e. The van der Waals surface area contributed by atoms with Crippen LogP contribution in [-0.2, 0) is 0 Å². The molecule has 1 heterocycles. The summed E-state index contributed by atoms with van der Waals surface area (Å²) in [5, 5.41) is 7.03. The first-order valence-corrected chi connectivity index (χ1v) is 4.16. The van der Waals surface area contributed by atoms with Gasteiger partial charge in [-0.3, -0.25) is 5.10 Å². The van der Waals surface area contributed by atoms with Crippen LogP contribution in [0.5, 0.6) is 0 Å². The lowest BCUT2D eigenvalue weighted by atomic mass is 10.2. The number of anilines is 1. The van der Waals surface area contributed by atoms with Crippen molar-refractivity contribution >= 4 is 16.7 Å². The molecule has 0 saturated carbocycles. The zero-order chi connectivity index (χ0) is 9.84. The number of nitrogens with one attached hydrogen (secondary N) is 1. The number of benzene rings is 1. The van der Waals surface area contributed by atoms with Crippen LogP contribution in [0.15, 0.2) is 18.2 Å². The number of nitrogen functional groups attached to an aromatic ring is 1. The second-order valence-electron chi connectivity index (χ2n) is 2.30. The van der Waals surface area contributed by atoms with Gasteiger partial charge in [0.05, 0.1) is 5.52 Å². The van der Waals surface area contributed by atoms with Crippen LogP contribution in [0.1, 0.15) is 13.8 Å². The van der Waals surface area contributed by atoms with Gasteiger partial charge in [0, 0.05) is 5.39 Å². The van der Waals surface area contributed by atoms with E-state index in [9.17, 15) is 4.39 Å². The van der Waals surface area contributed by atoms with E-state index in [1.165, 1.54) is 12.1 Å². The fraction of sp³-hybridized carbons (Fsp3) is 0.222. The maximum absolute atomic E-state index is 12.6. The molecule has 3 N–H and O–H groups in total. The smallest absolute Gasteiger partial charge is 0.153 e. The van der Waals surface area contributed by atoms with Gasteiger partial charge >= 0.3 is 0 Å². The number of rotatable bonds is 0. The molecule has 4 heteroatoms. The third-order valence-corrected chi connectivity index (χ3v) is 1.55. The molecule has 0 atom stereocenters. The molecular weight excluding hydrogens is 169 g/mol. The molecule has 70 valence electrons. The van der Waals surface area contributed by atoms with Crippen LogP contribution in [0, 0.1) is 5.82 Å². The van der Waals surface area contributed by atoms with Crippen LogP contribution >= 0.6 is 0 Å². The van der Waals surface area contributed by atoms with E-state index in [0.717, 1.165) is 5.52 Å². The molecule has 0 saturated heterocycles. The van der Waals surface area contributed by atoms with E-state index in [0.29, 0.717) is 11.2 Å². The number of nitrogens with two attached hydrogens (primary N) is 1. The van der Waals surface area contributed by atoms with Crippen LogP contribution in [0.2, 0.25) is 0 Å². The van der Waals surface area contributed by atoms with Gasteiger partial charge in [0.2, 0.25) is 0 Å². The zero-order valence-electron chi connectivity index (χ0n) is 7.63. The average Bonchev–Trinajstić information content (AvgIpc) is 2.52. The number of hydrogen-bond acceptors (Lipinski definition) is 2. The molecule has 0 fully saturated rings. The Balaban J connectivity index is 0.000000396. The van der Waals surface area contributed by atoms with Gasteiger partial charge in [-0.15, -0.1) is 0 Å². The van der Waals surface area contributed by atoms with E-state index < -0.39 is 0 Å². The summed E-state index contributed by atoms with van der Waals surface area (Å²) in [6.07, 6.45) is 0. The van der Waals surface area contributed by atoms with Crippen molar-refractivity contribution in [2.75, 3.05) is 5.73 Å². The van der Waals surface area contributed by atoms with Gasteiger partial charge in [0.15, 0.2) is 5.82 Å². The van der Waals surface area contributed by atoms with Gasteiger partial charge in [-0.2, -0.15) is 5.10 Å². The first-order valence-electron chi connectivity index (χ1n) is 4.16. The van der Waals surface area contributed by atoms with Gasteiger partial charge in [-0.25, -0.2) is 4.39 Å². The van der Waals surface area contributed by atoms with Gasteiger partial charge < -0.3 is 5.73 Å². The number of H-pyrrole nitrogens is 1. The van der Waals surface area contributed by atoms with Gasteiger partial charge in [0.1, 0.15) is 5.82 Å². The normalized spacial score (nSPS) is 9.46. The van der Waals surface area contributed by atoms with Crippen molar-refractivity contribution < 1.29 is 4.39 Å². The third-order valence-electron chi connectivity index (χ3n) is 1.55. The average molecular weight is 181 g/mol. The molecule has 0 unspecified atom stereocenters. The fourth-order valence-corrected chi connectivity index (χ4v) is 1.01. The summed E-state index contributed by atoms with van der Waals surface area (Å²) in [5.41, 5.74) is 6.19. The minimum atomic E-state index is -0.300. The predicted molar refractivity (Wildman–Crippen MR) is 51.8 cm³/mol. The summed E-state index contributed by atoms with van der Waals surface area (Å²) in [6, 6.07) is 4.32. The van der Waals surface area contributed by atoms with E-state index in [4.69, 9.17) is 5.73 Å². The molecule has 0 amide bonds. The van der Waals surface area contributed by atoms with Crippen LogP contribution < -0.4 is 5.73 Å². The molecule has 0 aliphatic heterocycles. The number of hydrogen-bond donors (Lipinski definition) is 2. The summed E-state index contributed by atoms with van der Waals surface area (Å²) < 4.78 is 12.6. The lowest BCUT2D eigenvalue weighted by molar-refractivity contribution is 0.630. The van der Waals surface area contributed by atoms with E-state index >= 15 is 0 Å². The SMILES string of the molecule is CC.Nc1n[nH]c2ccc(F)cc12. The Labute approximate surface area is 75.8 Å². The molecule has 2 rings (SSSR count). The number of halogens is 1. The molecule has 0 aliphatic carbocycles. The highest BCUT2D eigenvalue weighted by atomic mass is 19.1. The summed E-state index contributed by atoms with van der Waals surface area (Å²) in [5.74, 6) is 0.0325. The van der Waals surface area contributed by atoms with Crippen molar-refractivity contribution in [2.24, 2.45) is 0 Å². The summed E-state index contributed by atoms with van der Waals surface area (Å²) in [7, 11) is 0. The van der Waals surface area contributed by atoms with Gasteiger partial charge in [-0.05, 0) is 18.2 Å². The lowest BCUT2D eigenvalue weighted by Crippen LogP contribution is -1.83. The Bertz CT molecular complexity index is 395. The van der Waals surface area contributed by atoms with Crippen molar-refractivity contribution in [3.63, 3.8) is 0 Å². The quantitative estimate of drug-likeness (QED) is 0.655. The second kappa shape index (κ2) is 3.89. The summed E-state index contributed by atoms with van der Waals surface area (Å²) >= 11 is 0. The van der Waals surface area contributed by atoms with E-state index in [1.807, 2.05) is 13.8 Å². The van der Waals surface area contributed by atoms with E-state index in [2.05, 4.69) is 10.2 Å². The molecule has 3 nitrogen and oxygen atoms in total. The summed E-state index contributed by atoms with van der Waals surface area (Å²) in [4.78, 5) is 0. The first-order chi connectivity index (χ1) is 6.27. The largest absolute Gasteiger partial charge is 0.382 e. The minimum absolute atomic E-state index is 0.300. The number of aromatic amines is 1.